The molecule has 1 N–H and O–H groups in total. The highest BCUT2D eigenvalue weighted by Crippen LogP contribution is 2.19. The highest BCUT2D eigenvalue weighted by molar-refractivity contribution is 9.10. The molecule has 0 heterocycles. The van der Waals surface area contributed by atoms with Gasteiger partial charge in [0.2, 0.25) is 0 Å². The lowest BCUT2D eigenvalue weighted by Gasteiger charge is -2.16. The molecule has 0 aliphatic carbocycles. The van der Waals surface area contributed by atoms with Gasteiger partial charge in [0, 0.05) is 41.8 Å². The molecule has 0 unspecified atom stereocenters. The molecule has 1 rings (SSSR count). The van der Waals surface area contributed by atoms with Crippen LogP contribution in [0.15, 0.2) is 22.7 Å². The van der Waals surface area contributed by atoms with Gasteiger partial charge in [0.1, 0.15) is 0 Å². The van der Waals surface area contributed by atoms with Crippen molar-refractivity contribution in [1.82, 2.24) is 10.2 Å². The molecule has 4 nitrogen and oxygen atoms in total. The Hall–Kier alpha value is -0.620. The minimum Gasteiger partial charge on any atom is -0.383 e. The van der Waals surface area contributed by atoms with E-state index in [0.29, 0.717) is 23.7 Å². The van der Waals surface area contributed by atoms with Crippen LogP contribution in [0.4, 0.5) is 0 Å². The summed E-state index contributed by atoms with van der Waals surface area (Å²) in [6.45, 7) is 2.89. The molecule has 0 aliphatic rings. The van der Waals surface area contributed by atoms with Crippen molar-refractivity contribution in [3.8, 4) is 0 Å². The first-order chi connectivity index (χ1) is 9.02. The SMILES string of the molecule is COCCN(C)CCNC(=O)c1cc(Cl)cc(Br)c1. The van der Waals surface area contributed by atoms with Gasteiger partial charge in [-0.15, -0.1) is 0 Å². The number of halogens is 2. The molecule has 0 aromatic heterocycles. The number of benzene rings is 1. The molecular formula is C13H18BrClN2O2. The van der Waals surface area contributed by atoms with Crippen LogP contribution >= 0.6 is 27.5 Å². The molecule has 19 heavy (non-hydrogen) atoms. The largest absolute Gasteiger partial charge is 0.383 e. The monoisotopic (exact) mass is 348 g/mol. The van der Waals surface area contributed by atoms with E-state index in [4.69, 9.17) is 16.3 Å². The zero-order valence-corrected chi connectivity index (χ0v) is 13.4. The summed E-state index contributed by atoms with van der Waals surface area (Å²) in [6, 6.07) is 5.14. The number of nitrogens with one attached hydrogen (secondary N) is 1. The minimum atomic E-state index is -0.122. The van der Waals surface area contributed by atoms with Crippen LogP contribution in [0, 0.1) is 0 Å². The standard InChI is InChI=1S/C13H18BrClN2O2/c1-17(5-6-19-2)4-3-16-13(18)10-7-11(14)9-12(15)8-10/h7-9H,3-6H2,1-2H3,(H,16,18). The Bertz CT molecular complexity index is 409. The van der Waals surface area contributed by atoms with E-state index in [1.54, 1.807) is 25.3 Å². The summed E-state index contributed by atoms with van der Waals surface area (Å²) in [5.41, 5.74) is 0.555. The van der Waals surface area contributed by atoms with Gasteiger partial charge in [-0.3, -0.25) is 4.79 Å². The summed E-state index contributed by atoms with van der Waals surface area (Å²) >= 11 is 9.22. The number of methoxy groups -OCH3 is 1. The molecule has 0 aliphatic heterocycles. The predicted octanol–water partition coefficient (Wildman–Crippen LogP) is 2.41. The molecule has 0 spiro atoms. The fourth-order valence-electron chi connectivity index (χ4n) is 1.51. The molecule has 0 radical (unpaired) electrons. The Morgan fingerprint density at radius 3 is 2.79 bits per heavy atom. The Morgan fingerprint density at radius 1 is 1.42 bits per heavy atom. The highest BCUT2D eigenvalue weighted by Gasteiger charge is 2.07. The quantitative estimate of drug-likeness (QED) is 0.822. The minimum absolute atomic E-state index is 0.122. The van der Waals surface area contributed by atoms with Crippen LogP contribution in [0.1, 0.15) is 10.4 Å². The van der Waals surface area contributed by atoms with E-state index in [9.17, 15) is 4.79 Å². The first kappa shape index (κ1) is 16.4. The molecule has 1 aromatic carbocycles. The Morgan fingerprint density at radius 2 is 2.16 bits per heavy atom. The highest BCUT2D eigenvalue weighted by atomic mass is 79.9. The maximum Gasteiger partial charge on any atom is 0.251 e. The van der Waals surface area contributed by atoms with Gasteiger partial charge >= 0.3 is 0 Å². The lowest BCUT2D eigenvalue weighted by atomic mass is 10.2. The zero-order chi connectivity index (χ0) is 14.3. The number of rotatable bonds is 7. The van der Waals surface area contributed by atoms with Crippen molar-refractivity contribution < 1.29 is 9.53 Å². The number of ether oxygens (including phenoxy) is 1. The van der Waals surface area contributed by atoms with E-state index in [2.05, 4.69) is 26.1 Å². The van der Waals surface area contributed by atoms with Crippen LogP contribution < -0.4 is 5.32 Å². The molecule has 106 valence electrons. The van der Waals surface area contributed by atoms with Gasteiger partial charge in [0.05, 0.1) is 6.61 Å². The van der Waals surface area contributed by atoms with Crippen LogP contribution in [0.3, 0.4) is 0 Å². The van der Waals surface area contributed by atoms with E-state index < -0.39 is 0 Å². The summed E-state index contributed by atoms with van der Waals surface area (Å²) in [5.74, 6) is -0.122. The lowest BCUT2D eigenvalue weighted by Crippen LogP contribution is -2.34. The van der Waals surface area contributed by atoms with Crippen molar-refractivity contribution in [3.05, 3.63) is 33.3 Å². The predicted molar refractivity (Wildman–Crippen MR) is 80.9 cm³/mol. The second-order valence-corrected chi connectivity index (χ2v) is 5.56. The van der Waals surface area contributed by atoms with Crippen molar-refractivity contribution >= 4 is 33.4 Å². The van der Waals surface area contributed by atoms with Gasteiger partial charge in [-0.25, -0.2) is 0 Å². The molecule has 1 aromatic rings. The van der Waals surface area contributed by atoms with E-state index in [1.807, 2.05) is 7.05 Å². The third kappa shape index (κ3) is 6.38. The first-order valence-electron chi connectivity index (χ1n) is 5.94. The molecule has 6 heteroatoms. The second-order valence-electron chi connectivity index (χ2n) is 4.21. The van der Waals surface area contributed by atoms with Gasteiger partial charge in [0.15, 0.2) is 0 Å². The second kappa shape index (κ2) is 8.53. The summed E-state index contributed by atoms with van der Waals surface area (Å²) in [6.07, 6.45) is 0. The van der Waals surface area contributed by atoms with Crippen molar-refractivity contribution in [2.75, 3.05) is 40.4 Å². The number of carbonyl (C=O) groups excluding carboxylic acids is 1. The Balaban J connectivity index is 2.39. The Kier molecular flexibility index (Phi) is 7.38. The zero-order valence-electron chi connectivity index (χ0n) is 11.1. The number of hydrogen-bond donors (Lipinski definition) is 1. The van der Waals surface area contributed by atoms with Crippen LogP contribution in [-0.2, 0) is 4.74 Å². The van der Waals surface area contributed by atoms with Gasteiger partial charge in [0.25, 0.3) is 5.91 Å². The van der Waals surface area contributed by atoms with Gasteiger partial charge < -0.3 is 15.0 Å². The summed E-state index contributed by atoms with van der Waals surface area (Å²) in [4.78, 5) is 14.0. The molecular weight excluding hydrogens is 332 g/mol. The fraction of sp³-hybridized carbons (Fsp3) is 0.462. The third-order valence-corrected chi connectivity index (χ3v) is 3.26. The van der Waals surface area contributed by atoms with E-state index >= 15 is 0 Å². The molecule has 0 saturated heterocycles. The number of nitrogens with zero attached hydrogens (tertiary/aromatic N) is 1. The molecule has 0 saturated carbocycles. The van der Waals surface area contributed by atoms with Crippen molar-refractivity contribution in [3.63, 3.8) is 0 Å². The maximum atomic E-state index is 11.9. The summed E-state index contributed by atoms with van der Waals surface area (Å²) < 4.78 is 5.78. The van der Waals surface area contributed by atoms with E-state index in [1.165, 1.54) is 0 Å². The molecule has 0 bridgehead atoms. The van der Waals surface area contributed by atoms with Gasteiger partial charge in [-0.2, -0.15) is 0 Å². The van der Waals surface area contributed by atoms with Crippen LogP contribution in [0.5, 0.6) is 0 Å². The van der Waals surface area contributed by atoms with Crippen LogP contribution in [0.25, 0.3) is 0 Å². The maximum absolute atomic E-state index is 11.9. The number of amides is 1. The van der Waals surface area contributed by atoms with E-state index in [-0.39, 0.29) is 5.91 Å². The van der Waals surface area contributed by atoms with Crippen molar-refractivity contribution in [2.24, 2.45) is 0 Å². The van der Waals surface area contributed by atoms with E-state index in [0.717, 1.165) is 17.6 Å². The summed E-state index contributed by atoms with van der Waals surface area (Å²) in [5, 5.41) is 3.40. The van der Waals surface area contributed by atoms with Gasteiger partial charge in [-0.1, -0.05) is 27.5 Å². The normalized spacial score (nSPS) is 10.8. The number of likely N-dealkylation sites (N-methyl/N-ethyl adjacent to an activating group) is 1. The van der Waals surface area contributed by atoms with Crippen molar-refractivity contribution in [2.45, 2.75) is 0 Å². The topological polar surface area (TPSA) is 41.6 Å². The first-order valence-corrected chi connectivity index (χ1v) is 7.12. The van der Waals surface area contributed by atoms with Gasteiger partial charge in [-0.05, 0) is 25.2 Å². The Labute approximate surface area is 127 Å². The molecule has 0 fully saturated rings. The third-order valence-electron chi connectivity index (χ3n) is 2.58. The molecule has 0 atom stereocenters. The lowest BCUT2D eigenvalue weighted by molar-refractivity contribution is 0.0947. The van der Waals surface area contributed by atoms with Crippen molar-refractivity contribution in [1.29, 1.82) is 0 Å². The average molecular weight is 350 g/mol. The number of hydrogen-bond acceptors (Lipinski definition) is 3. The van der Waals surface area contributed by atoms with Crippen LogP contribution in [-0.4, -0.2) is 51.2 Å². The number of carbonyl (C=O) groups is 1. The average Bonchev–Trinajstić information content (AvgIpc) is 2.35. The summed E-state index contributed by atoms with van der Waals surface area (Å²) in [7, 11) is 3.66. The van der Waals surface area contributed by atoms with Crippen LogP contribution in [0.2, 0.25) is 5.02 Å². The smallest absolute Gasteiger partial charge is 0.251 e. The molecule has 1 amide bonds. The fourth-order valence-corrected chi connectivity index (χ4v) is 2.37.